The number of amides is 2. The predicted molar refractivity (Wildman–Crippen MR) is 103 cm³/mol. The number of urea groups is 1. The van der Waals surface area contributed by atoms with Crippen molar-refractivity contribution in [2.45, 2.75) is 50.5 Å². The van der Waals surface area contributed by atoms with Gasteiger partial charge < -0.3 is 24.8 Å². The first-order valence-electron chi connectivity index (χ1n) is 9.28. The van der Waals surface area contributed by atoms with Crippen LogP contribution in [-0.2, 0) is 4.74 Å². The largest absolute Gasteiger partial charge is 0.484 e. The van der Waals surface area contributed by atoms with Gasteiger partial charge in [0.2, 0.25) is 0 Å². The van der Waals surface area contributed by atoms with Crippen LogP contribution in [-0.4, -0.2) is 64.6 Å². The van der Waals surface area contributed by atoms with E-state index in [1.807, 2.05) is 23.7 Å². The van der Waals surface area contributed by atoms with Crippen LogP contribution < -0.4 is 10.1 Å². The SMILES string of the molecule is CC(C)(O)[C@@H]1CC[C@@H](NC(=O)N2CC(Oc3cccc4scnc34)C2)CO1. The van der Waals surface area contributed by atoms with Gasteiger partial charge in [-0.2, -0.15) is 0 Å². The zero-order chi connectivity index (χ0) is 19.0. The number of nitrogens with zero attached hydrogens (tertiary/aromatic N) is 2. The van der Waals surface area contributed by atoms with Crippen molar-refractivity contribution in [3.05, 3.63) is 23.7 Å². The summed E-state index contributed by atoms with van der Waals surface area (Å²) >= 11 is 1.59. The van der Waals surface area contributed by atoms with Crippen LogP contribution in [0.3, 0.4) is 0 Å². The van der Waals surface area contributed by atoms with Crippen LogP contribution in [0.5, 0.6) is 5.75 Å². The van der Waals surface area contributed by atoms with E-state index in [4.69, 9.17) is 9.47 Å². The normalized spacial score (nSPS) is 23.9. The summed E-state index contributed by atoms with van der Waals surface area (Å²) < 4.78 is 12.8. The molecular formula is C19H25N3O4S. The van der Waals surface area contributed by atoms with Crippen LogP contribution in [0.25, 0.3) is 10.2 Å². The minimum Gasteiger partial charge on any atom is -0.484 e. The van der Waals surface area contributed by atoms with E-state index in [0.717, 1.165) is 28.8 Å². The molecule has 27 heavy (non-hydrogen) atoms. The highest BCUT2D eigenvalue weighted by Crippen LogP contribution is 2.29. The van der Waals surface area contributed by atoms with Crippen LogP contribution >= 0.6 is 11.3 Å². The van der Waals surface area contributed by atoms with Gasteiger partial charge in [0.15, 0.2) is 0 Å². The molecule has 7 nitrogen and oxygen atoms in total. The number of aliphatic hydroxyl groups is 1. The molecule has 2 amide bonds. The lowest BCUT2D eigenvalue weighted by Gasteiger charge is -2.41. The number of likely N-dealkylation sites (tertiary alicyclic amines) is 1. The van der Waals surface area contributed by atoms with Gasteiger partial charge in [-0.15, -0.1) is 11.3 Å². The summed E-state index contributed by atoms with van der Waals surface area (Å²) in [5.74, 6) is 0.775. The topological polar surface area (TPSA) is 83.9 Å². The van der Waals surface area contributed by atoms with E-state index in [9.17, 15) is 9.90 Å². The van der Waals surface area contributed by atoms with Gasteiger partial charge in [0.25, 0.3) is 0 Å². The second kappa shape index (κ2) is 7.26. The van der Waals surface area contributed by atoms with Gasteiger partial charge in [0.1, 0.15) is 17.4 Å². The fourth-order valence-electron chi connectivity index (χ4n) is 3.50. The number of para-hydroxylation sites is 1. The number of hydrogen-bond acceptors (Lipinski definition) is 6. The van der Waals surface area contributed by atoms with Gasteiger partial charge in [-0.1, -0.05) is 6.07 Å². The molecule has 2 atom stereocenters. The van der Waals surface area contributed by atoms with Gasteiger partial charge in [-0.05, 0) is 38.8 Å². The molecule has 2 aromatic rings. The van der Waals surface area contributed by atoms with Gasteiger partial charge in [0, 0.05) is 0 Å². The van der Waals surface area contributed by atoms with Crippen molar-refractivity contribution >= 4 is 27.6 Å². The summed E-state index contributed by atoms with van der Waals surface area (Å²) in [6.45, 7) is 5.06. The molecule has 1 aromatic heterocycles. The Morgan fingerprint density at radius 2 is 2.22 bits per heavy atom. The fraction of sp³-hybridized carbons (Fsp3) is 0.579. The number of carbonyl (C=O) groups is 1. The number of fused-ring (bicyclic) bond motifs is 1. The molecule has 2 N–H and O–H groups in total. The Labute approximate surface area is 162 Å². The summed E-state index contributed by atoms with van der Waals surface area (Å²) in [6.07, 6.45) is 1.35. The molecule has 1 aromatic carbocycles. The van der Waals surface area contributed by atoms with Crippen LogP contribution in [0.15, 0.2) is 23.7 Å². The molecular weight excluding hydrogens is 366 g/mol. The first-order valence-corrected chi connectivity index (χ1v) is 10.2. The number of hydrogen-bond donors (Lipinski definition) is 2. The second-order valence-electron chi connectivity index (χ2n) is 7.80. The smallest absolute Gasteiger partial charge is 0.317 e. The minimum absolute atomic E-state index is 0.00905. The lowest BCUT2D eigenvalue weighted by Crippen LogP contribution is -2.61. The molecule has 3 heterocycles. The molecule has 0 aliphatic carbocycles. The maximum atomic E-state index is 12.4. The van der Waals surface area contributed by atoms with Crippen LogP contribution in [0.2, 0.25) is 0 Å². The monoisotopic (exact) mass is 391 g/mol. The number of benzene rings is 1. The third kappa shape index (κ3) is 4.02. The van der Waals surface area contributed by atoms with E-state index in [1.54, 1.807) is 30.1 Å². The molecule has 2 aliphatic heterocycles. The van der Waals surface area contributed by atoms with E-state index in [1.165, 1.54) is 0 Å². The summed E-state index contributed by atoms with van der Waals surface area (Å²) in [5, 5.41) is 13.0. The third-order valence-corrected chi connectivity index (χ3v) is 5.94. The van der Waals surface area contributed by atoms with E-state index < -0.39 is 5.60 Å². The number of aromatic nitrogens is 1. The van der Waals surface area contributed by atoms with Crippen molar-refractivity contribution in [3.63, 3.8) is 0 Å². The Kier molecular flexibility index (Phi) is 4.96. The van der Waals surface area contributed by atoms with Crippen LogP contribution in [0, 0.1) is 0 Å². The predicted octanol–water partition coefficient (Wildman–Crippen LogP) is 2.39. The highest BCUT2D eigenvalue weighted by molar-refractivity contribution is 7.16. The molecule has 146 valence electrons. The fourth-order valence-corrected chi connectivity index (χ4v) is 4.20. The number of ether oxygens (including phenoxy) is 2. The zero-order valence-electron chi connectivity index (χ0n) is 15.6. The van der Waals surface area contributed by atoms with Crippen molar-refractivity contribution in [1.29, 1.82) is 0 Å². The van der Waals surface area contributed by atoms with E-state index in [-0.39, 0.29) is 24.3 Å². The van der Waals surface area contributed by atoms with E-state index >= 15 is 0 Å². The number of nitrogens with one attached hydrogen (secondary N) is 1. The maximum absolute atomic E-state index is 12.4. The van der Waals surface area contributed by atoms with Crippen LogP contribution in [0.1, 0.15) is 26.7 Å². The molecule has 0 spiro atoms. The Hall–Kier alpha value is -1.90. The van der Waals surface area contributed by atoms with Crippen LogP contribution in [0.4, 0.5) is 4.79 Å². The Morgan fingerprint density at radius 1 is 1.41 bits per heavy atom. The van der Waals surface area contributed by atoms with E-state index in [2.05, 4.69) is 10.3 Å². The Balaban J connectivity index is 1.23. The summed E-state index contributed by atoms with van der Waals surface area (Å²) in [5.41, 5.74) is 1.84. The molecule has 0 radical (unpaired) electrons. The summed E-state index contributed by atoms with van der Waals surface area (Å²) in [7, 11) is 0. The zero-order valence-corrected chi connectivity index (χ0v) is 16.4. The van der Waals surface area contributed by atoms with Gasteiger partial charge >= 0.3 is 6.03 Å². The number of thiazole rings is 1. The lowest BCUT2D eigenvalue weighted by atomic mass is 9.93. The van der Waals surface area contributed by atoms with Crippen molar-refractivity contribution < 1.29 is 19.4 Å². The molecule has 4 rings (SSSR count). The van der Waals surface area contributed by atoms with Gasteiger partial charge in [-0.3, -0.25) is 0 Å². The number of carbonyl (C=O) groups excluding carboxylic acids is 1. The average molecular weight is 391 g/mol. The third-order valence-electron chi connectivity index (χ3n) is 5.14. The maximum Gasteiger partial charge on any atom is 0.317 e. The first kappa shape index (κ1) is 18.5. The van der Waals surface area contributed by atoms with Crippen molar-refractivity contribution in [3.8, 4) is 5.75 Å². The van der Waals surface area contributed by atoms with E-state index in [0.29, 0.717) is 19.7 Å². The highest BCUT2D eigenvalue weighted by atomic mass is 32.1. The summed E-state index contributed by atoms with van der Waals surface area (Å²) in [4.78, 5) is 18.5. The molecule has 0 bridgehead atoms. The minimum atomic E-state index is -0.850. The molecule has 2 aliphatic rings. The average Bonchev–Trinajstić information content (AvgIpc) is 3.06. The van der Waals surface area contributed by atoms with Crippen molar-refractivity contribution in [2.75, 3.05) is 19.7 Å². The molecule has 8 heteroatoms. The Morgan fingerprint density at radius 3 is 2.93 bits per heavy atom. The highest BCUT2D eigenvalue weighted by Gasteiger charge is 2.36. The van der Waals surface area contributed by atoms with Gasteiger partial charge in [-0.25, -0.2) is 9.78 Å². The van der Waals surface area contributed by atoms with Crippen molar-refractivity contribution in [2.24, 2.45) is 0 Å². The Bertz CT molecular complexity index is 805. The number of rotatable bonds is 4. The molecule has 2 fully saturated rings. The second-order valence-corrected chi connectivity index (χ2v) is 8.69. The standard InChI is InChI=1S/C19H25N3O4S/c1-19(2,24)16-7-6-12(10-25-16)21-18(23)22-8-13(9-22)26-14-4-3-5-15-17(14)20-11-27-15/h3-5,11-13,16,24H,6-10H2,1-2H3,(H,21,23)/t12-,16+/m1/s1. The van der Waals surface area contributed by atoms with Crippen molar-refractivity contribution in [1.82, 2.24) is 15.2 Å². The quantitative estimate of drug-likeness (QED) is 0.836. The lowest BCUT2D eigenvalue weighted by molar-refractivity contribution is -0.114. The molecule has 0 unspecified atom stereocenters. The first-order chi connectivity index (χ1) is 12.9. The summed E-state index contributed by atoms with van der Waals surface area (Å²) in [6, 6.07) is 5.80. The van der Waals surface area contributed by atoms with Gasteiger partial charge in [0.05, 0.1) is 47.7 Å². The molecule has 2 saturated heterocycles. The molecule has 0 saturated carbocycles.